The first-order chi connectivity index (χ1) is 7.27. The van der Waals surface area contributed by atoms with Gasteiger partial charge in [0, 0.05) is 17.2 Å². The van der Waals surface area contributed by atoms with E-state index < -0.39 is 0 Å². The second kappa shape index (κ2) is 5.23. The molecule has 4 heteroatoms. The molecule has 1 aromatic carbocycles. The molecule has 1 fully saturated rings. The first-order valence-electron chi connectivity index (χ1n) is 4.92. The Bertz CT molecular complexity index is 339. The Labute approximate surface area is 105 Å². The van der Waals surface area contributed by atoms with E-state index in [9.17, 15) is 0 Å². The van der Waals surface area contributed by atoms with Crippen LogP contribution in [0.25, 0.3) is 0 Å². The second-order valence-electron chi connectivity index (χ2n) is 3.34. The molecular weight excluding hydrogens is 242 g/mol. The first-order valence-corrected chi connectivity index (χ1v) is 7.20. The molecule has 0 aliphatic carbocycles. The molecule has 1 nitrogen and oxygen atoms in total. The van der Waals surface area contributed by atoms with Gasteiger partial charge in [0.15, 0.2) is 0 Å². The average molecular weight is 255 g/mol. The maximum Gasteiger partial charge on any atom is 0.137 e. The summed E-state index contributed by atoms with van der Waals surface area (Å²) in [5.74, 6) is 1.14. The quantitative estimate of drug-likeness (QED) is 0.601. The molecule has 80 valence electrons. The maximum atomic E-state index is 5.31. The van der Waals surface area contributed by atoms with Crippen LogP contribution in [0.15, 0.2) is 35.2 Å². The molecular formula is C11H13NS3. The molecule has 2 rings (SSSR count). The van der Waals surface area contributed by atoms with Crippen molar-refractivity contribution in [1.29, 1.82) is 0 Å². The Morgan fingerprint density at radius 2 is 2.13 bits per heavy atom. The largest absolute Gasteiger partial charge is 0.345 e. The van der Waals surface area contributed by atoms with Gasteiger partial charge in [-0.05, 0) is 19.1 Å². The van der Waals surface area contributed by atoms with Crippen LogP contribution in [-0.2, 0) is 0 Å². The summed E-state index contributed by atoms with van der Waals surface area (Å²) in [4.78, 5) is 3.61. The van der Waals surface area contributed by atoms with Crippen LogP contribution < -0.4 is 0 Å². The molecule has 0 aromatic heterocycles. The van der Waals surface area contributed by atoms with Crippen LogP contribution in [0.4, 0.5) is 0 Å². The van der Waals surface area contributed by atoms with Gasteiger partial charge in [0.1, 0.15) is 4.32 Å². The van der Waals surface area contributed by atoms with Gasteiger partial charge in [-0.3, -0.25) is 0 Å². The molecule has 0 radical (unpaired) electrons. The Hall–Kier alpha value is -0.190. The summed E-state index contributed by atoms with van der Waals surface area (Å²) >= 11 is 8.97. The van der Waals surface area contributed by atoms with E-state index in [1.54, 1.807) is 11.8 Å². The van der Waals surface area contributed by atoms with Crippen LogP contribution >= 0.6 is 35.7 Å². The van der Waals surface area contributed by atoms with Crippen molar-refractivity contribution >= 4 is 40.1 Å². The zero-order chi connectivity index (χ0) is 10.7. The van der Waals surface area contributed by atoms with E-state index in [1.807, 2.05) is 17.8 Å². The van der Waals surface area contributed by atoms with Gasteiger partial charge in [0.05, 0.1) is 5.37 Å². The van der Waals surface area contributed by atoms with Gasteiger partial charge in [-0.1, -0.05) is 42.2 Å². The zero-order valence-electron chi connectivity index (χ0n) is 8.55. The highest BCUT2D eigenvalue weighted by Gasteiger charge is 2.23. The SMILES string of the molecule is CC(Sc1ccccc1)N1CCSC1=S. The molecule has 1 unspecified atom stereocenters. The summed E-state index contributed by atoms with van der Waals surface area (Å²) in [5.41, 5.74) is 0. The van der Waals surface area contributed by atoms with E-state index in [0.29, 0.717) is 5.37 Å². The number of rotatable bonds is 3. The van der Waals surface area contributed by atoms with Gasteiger partial charge in [-0.15, -0.1) is 11.8 Å². The molecule has 1 saturated heterocycles. The van der Waals surface area contributed by atoms with Gasteiger partial charge < -0.3 is 4.90 Å². The Balaban J connectivity index is 1.97. The van der Waals surface area contributed by atoms with Gasteiger partial charge in [0.2, 0.25) is 0 Å². The number of hydrogen-bond donors (Lipinski definition) is 0. The fourth-order valence-electron chi connectivity index (χ4n) is 1.50. The molecule has 0 N–H and O–H groups in total. The predicted molar refractivity (Wildman–Crippen MR) is 73.5 cm³/mol. The van der Waals surface area contributed by atoms with E-state index in [0.717, 1.165) is 16.6 Å². The lowest BCUT2D eigenvalue weighted by atomic mass is 10.4. The molecule has 1 aliphatic rings. The third-order valence-corrected chi connectivity index (χ3v) is 4.88. The molecule has 0 amide bonds. The van der Waals surface area contributed by atoms with E-state index in [2.05, 4.69) is 36.1 Å². The Morgan fingerprint density at radius 1 is 1.40 bits per heavy atom. The lowest BCUT2D eigenvalue weighted by Crippen LogP contribution is -2.30. The van der Waals surface area contributed by atoms with Crippen molar-refractivity contribution in [3.05, 3.63) is 30.3 Å². The number of thioether (sulfide) groups is 2. The Morgan fingerprint density at radius 3 is 2.73 bits per heavy atom. The smallest absolute Gasteiger partial charge is 0.137 e. The van der Waals surface area contributed by atoms with Gasteiger partial charge in [-0.2, -0.15) is 0 Å². The third kappa shape index (κ3) is 2.89. The maximum absolute atomic E-state index is 5.31. The summed E-state index contributed by atoms with van der Waals surface area (Å²) in [6, 6.07) is 10.5. The highest BCUT2D eigenvalue weighted by molar-refractivity contribution is 8.23. The minimum atomic E-state index is 0.440. The van der Waals surface area contributed by atoms with Crippen LogP contribution in [-0.4, -0.2) is 26.9 Å². The second-order valence-corrected chi connectivity index (χ2v) is 6.46. The minimum absolute atomic E-state index is 0.440. The van der Waals surface area contributed by atoms with E-state index in [4.69, 9.17) is 12.2 Å². The van der Waals surface area contributed by atoms with Crippen molar-refractivity contribution in [3.63, 3.8) is 0 Å². The summed E-state index contributed by atoms with van der Waals surface area (Å²) in [5, 5.41) is 0.440. The van der Waals surface area contributed by atoms with Crippen LogP contribution in [0.1, 0.15) is 6.92 Å². The number of nitrogens with zero attached hydrogens (tertiary/aromatic N) is 1. The normalized spacial score (nSPS) is 18.2. The van der Waals surface area contributed by atoms with Crippen molar-refractivity contribution in [1.82, 2.24) is 4.90 Å². The van der Waals surface area contributed by atoms with Crippen LogP contribution in [0.5, 0.6) is 0 Å². The summed E-state index contributed by atoms with van der Waals surface area (Å²) in [6.45, 7) is 3.31. The monoisotopic (exact) mass is 255 g/mol. The number of benzene rings is 1. The van der Waals surface area contributed by atoms with Gasteiger partial charge >= 0.3 is 0 Å². The van der Waals surface area contributed by atoms with Gasteiger partial charge in [0.25, 0.3) is 0 Å². The summed E-state index contributed by atoms with van der Waals surface area (Å²) < 4.78 is 1.05. The lowest BCUT2D eigenvalue weighted by molar-refractivity contribution is 0.463. The number of hydrogen-bond acceptors (Lipinski definition) is 3. The summed E-state index contributed by atoms with van der Waals surface area (Å²) in [7, 11) is 0. The van der Waals surface area contributed by atoms with Crippen molar-refractivity contribution in [3.8, 4) is 0 Å². The lowest BCUT2D eigenvalue weighted by Gasteiger charge is -2.24. The Kier molecular flexibility index (Phi) is 3.94. The van der Waals surface area contributed by atoms with Crippen LogP contribution in [0.2, 0.25) is 0 Å². The topological polar surface area (TPSA) is 3.24 Å². The molecule has 1 aliphatic heterocycles. The van der Waals surface area contributed by atoms with Crippen LogP contribution in [0.3, 0.4) is 0 Å². The van der Waals surface area contributed by atoms with E-state index in [1.165, 1.54) is 4.90 Å². The van der Waals surface area contributed by atoms with Crippen molar-refractivity contribution in [2.24, 2.45) is 0 Å². The van der Waals surface area contributed by atoms with Gasteiger partial charge in [-0.25, -0.2) is 0 Å². The van der Waals surface area contributed by atoms with Crippen molar-refractivity contribution < 1.29 is 0 Å². The standard InChI is InChI=1S/C11H13NS3/c1-9(12-7-8-14-11(12)13)15-10-5-3-2-4-6-10/h2-6,9H,7-8H2,1H3. The molecule has 1 heterocycles. The van der Waals surface area contributed by atoms with Crippen LogP contribution in [0, 0.1) is 0 Å². The van der Waals surface area contributed by atoms with E-state index in [-0.39, 0.29) is 0 Å². The highest BCUT2D eigenvalue weighted by Crippen LogP contribution is 2.30. The number of thiocarbonyl (C=S) groups is 1. The van der Waals surface area contributed by atoms with Crippen molar-refractivity contribution in [2.45, 2.75) is 17.2 Å². The predicted octanol–water partition coefficient (Wildman–Crippen LogP) is 3.46. The first kappa shape index (κ1) is 11.3. The highest BCUT2D eigenvalue weighted by atomic mass is 32.2. The summed E-state index contributed by atoms with van der Waals surface area (Å²) in [6.07, 6.45) is 0. The fraction of sp³-hybridized carbons (Fsp3) is 0.364. The molecule has 0 spiro atoms. The van der Waals surface area contributed by atoms with Crippen molar-refractivity contribution in [2.75, 3.05) is 12.3 Å². The minimum Gasteiger partial charge on any atom is -0.345 e. The zero-order valence-corrected chi connectivity index (χ0v) is 11.0. The molecule has 0 bridgehead atoms. The fourth-order valence-corrected chi connectivity index (χ4v) is 4.05. The van der Waals surface area contributed by atoms with E-state index >= 15 is 0 Å². The molecule has 15 heavy (non-hydrogen) atoms. The molecule has 0 saturated carbocycles. The molecule has 1 atom stereocenters. The average Bonchev–Trinajstić information content (AvgIpc) is 2.66. The molecule has 1 aromatic rings. The third-order valence-electron chi connectivity index (χ3n) is 2.28.